The highest BCUT2D eigenvalue weighted by Gasteiger charge is 2.32. The maximum atomic E-state index is 11.8. The van der Waals surface area contributed by atoms with Crippen LogP contribution in [0.4, 0.5) is 4.79 Å². The van der Waals surface area contributed by atoms with E-state index in [1.807, 2.05) is 0 Å². The first kappa shape index (κ1) is 14.3. The molecule has 0 atom stereocenters. The van der Waals surface area contributed by atoms with Gasteiger partial charge in [-0.25, -0.2) is 4.79 Å². The van der Waals surface area contributed by atoms with Crippen molar-refractivity contribution in [3.63, 3.8) is 0 Å². The third-order valence-electron chi connectivity index (χ3n) is 3.58. The number of hydrogen-bond acceptors (Lipinski definition) is 2. The third kappa shape index (κ3) is 4.94. The Kier molecular flexibility index (Phi) is 6.34. The van der Waals surface area contributed by atoms with Gasteiger partial charge in [-0.2, -0.15) is 0 Å². The van der Waals surface area contributed by atoms with Crippen molar-refractivity contribution in [1.29, 1.82) is 0 Å². The number of rotatable bonds is 6. The van der Waals surface area contributed by atoms with Crippen LogP contribution in [0.3, 0.4) is 0 Å². The van der Waals surface area contributed by atoms with E-state index in [-0.39, 0.29) is 11.6 Å². The average Bonchev–Trinajstić information content (AvgIpc) is 2.35. The molecule has 4 heteroatoms. The monoisotopic (exact) mass is 241 g/mol. The molecule has 0 heterocycles. The highest BCUT2D eigenvalue weighted by Crippen LogP contribution is 2.31. The van der Waals surface area contributed by atoms with Gasteiger partial charge in [0.05, 0.1) is 0 Å². The number of carbonyl (C=O) groups is 1. The normalized spacial score (nSPS) is 18.7. The molecule has 4 nitrogen and oxygen atoms in total. The lowest BCUT2D eigenvalue weighted by Gasteiger charge is -2.38. The van der Waals surface area contributed by atoms with Gasteiger partial charge in [0.2, 0.25) is 0 Å². The van der Waals surface area contributed by atoms with Crippen LogP contribution in [-0.4, -0.2) is 24.7 Å². The smallest absolute Gasteiger partial charge is 0.315 e. The molecule has 0 bridgehead atoms. The zero-order chi connectivity index (χ0) is 12.6. The number of nitrogens with one attached hydrogen (secondary N) is 2. The van der Waals surface area contributed by atoms with E-state index >= 15 is 0 Å². The second-order valence-corrected chi connectivity index (χ2v) is 5.11. The SMILES string of the molecule is CCCNC(=O)NC1(CCCN)CCCCC1. The van der Waals surface area contributed by atoms with Gasteiger partial charge < -0.3 is 16.4 Å². The summed E-state index contributed by atoms with van der Waals surface area (Å²) in [5.41, 5.74) is 5.60. The molecule has 100 valence electrons. The molecule has 0 aliphatic heterocycles. The summed E-state index contributed by atoms with van der Waals surface area (Å²) in [6, 6.07) is -0.00854. The molecule has 0 saturated heterocycles. The summed E-state index contributed by atoms with van der Waals surface area (Å²) in [6.45, 7) is 3.52. The predicted octanol–water partition coefficient (Wildman–Crippen LogP) is 2.14. The number of urea groups is 1. The fourth-order valence-electron chi connectivity index (χ4n) is 2.63. The Hall–Kier alpha value is -0.770. The van der Waals surface area contributed by atoms with Crippen molar-refractivity contribution >= 4 is 6.03 Å². The van der Waals surface area contributed by atoms with Gasteiger partial charge in [0, 0.05) is 12.1 Å². The first-order valence-corrected chi connectivity index (χ1v) is 6.98. The molecule has 0 aromatic carbocycles. The Morgan fingerprint density at radius 3 is 2.59 bits per heavy atom. The van der Waals surface area contributed by atoms with Crippen LogP contribution in [0, 0.1) is 0 Å². The molecule has 0 aromatic rings. The lowest BCUT2D eigenvalue weighted by Crippen LogP contribution is -2.53. The van der Waals surface area contributed by atoms with Gasteiger partial charge in [-0.05, 0) is 38.6 Å². The first-order chi connectivity index (χ1) is 8.22. The summed E-state index contributed by atoms with van der Waals surface area (Å²) in [6.07, 6.45) is 8.93. The standard InChI is InChI=1S/C13H27N3O/c1-2-11-15-12(17)16-13(9-6-10-14)7-4-3-5-8-13/h2-11,14H2,1H3,(H2,15,16,17). The van der Waals surface area contributed by atoms with E-state index in [0.717, 1.165) is 38.6 Å². The summed E-state index contributed by atoms with van der Waals surface area (Å²) in [7, 11) is 0. The molecule has 17 heavy (non-hydrogen) atoms. The fourth-order valence-corrected chi connectivity index (χ4v) is 2.63. The zero-order valence-corrected chi connectivity index (χ0v) is 11.1. The average molecular weight is 241 g/mol. The predicted molar refractivity (Wildman–Crippen MR) is 70.9 cm³/mol. The van der Waals surface area contributed by atoms with Crippen LogP contribution in [0.2, 0.25) is 0 Å². The van der Waals surface area contributed by atoms with Crippen LogP contribution in [0.15, 0.2) is 0 Å². The van der Waals surface area contributed by atoms with E-state index in [1.54, 1.807) is 0 Å². The van der Waals surface area contributed by atoms with Crippen molar-refractivity contribution in [2.75, 3.05) is 13.1 Å². The second-order valence-electron chi connectivity index (χ2n) is 5.11. The molecule has 4 N–H and O–H groups in total. The summed E-state index contributed by atoms with van der Waals surface area (Å²) >= 11 is 0. The fraction of sp³-hybridized carbons (Fsp3) is 0.923. The second kappa shape index (κ2) is 7.54. The number of hydrogen-bond donors (Lipinski definition) is 3. The van der Waals surface area contributed by atoms with Crippen LogP contribution in [0.1, 0.15) is 58.3 Å². The van der Waals surface area contributed by atoms with Gasteiger partial charge in [0.1, 0.15) is 0 Å². The molecule has 0 spiro atoms. The largest absolute Gasteiger partial charge is 0.338 e. The number of nitrogens with two attached hydrogens (primary N) is 1. The minimum Gasteiger partial charge on any atom is -0.338 e. The molecule has 1 saturated carbocycles. The summed E-state index contributed by atoms with van der Waals surface area (Å²) < 4.78 is 0. The van der Waals surface area contributed by atoms with Crippen LogP contribution in [0.5, 0.6) is 0 Å². The lowest BCUT2D eigenvalue weighted by atomic mass is 9.78. The lowest BCUT2D eigenvalue weighted by molar-refractivity contribution is 0.193. The van der Waals surface area contributed by atoms with Crippen molar-refractivity contribution < 1.29 is 4.79 Å². The Morgan fingerprint density at radius 2 is 2.00 bits per heavy atom. The van der Waals surface area contributed by atoms with E-state index in [1.165, 1.54) is 19.3 Å². The Morgan fingerprint density at radius 1 is 1.29 bits per heavy atom. The molecule has 0 aromatic heterocycles. The van der Waals surface area contributed by atoms with Gasteiger partial charge in [-0.1, -0.05) is 26.2 Å². The maximum Gasteiger partial charge on any atom is 0.315 e. The van der Waals surface area contributed by atoms with Crippen LogP contribution >= 0.6 is 0 Å². The molecule has 1 fully saturated rings. The molecule has 1 aliphatic carbocycles. The topological polar surface area (TPSA) is 67.2 Å². The van der Waals surface area contributed by atoms with Gasteiger partial charge in [-0.3, -0.25) is 0 Å². The number of amides is 2. The third-order valence-corrected chi connectivity index (χ3v) is 3.58. The van der Waals surface area contributed by atoms with Crippen molar-refractivity contribution in [2.45, 2.75) is 63.8 Å². The van der Waals surface area contributed by atoms with Crippen LogP contribution in [0.25, 0.3) is 0 Å². The minimum atomic E-state index is -0.00854. The van der Waals surface area contributed by atoms with E-state index in [0.29, 0.717) is 6.54 Å². The minimum absolute atomic E-state index is 0.00854. The quantitative estimate of drug-likeness (QED) is 0.667. The van der Waals surface area contributed by atoms with E-state index in [9.17, 15) is 4.79 Å². The van der Waals surface area contributed by atoms with Crippen LogP contribution < -0.4 is 16.4 Å². The maximum absolute atomic E-state index is 11.8. The molecular weight excluding hydrogens is 214 g/mol. The Bertz CT molecular complexity index is 225. The van der Waals surface area contributed by atoms with E-state index in [4.69, 9.17) is 5.73 Å². The van der Waals surface area contributed by atoms with Crippen LogP contribution in [-0.2, 0) is 0 Å². The summed E-state index contributed by atoms with van der Waals surface area (Å²) in [5, 5.41) is 6.10. The van der Waals surface area contributed by atoms with Crippen molar-refractivity contribution in [3.8, 4) is 0 Å². The van der Waals surface area contributed by atoms with Gasteiger partial charge >= 0.3 is 6.03 Å². The molecule has 0 radical (unpaired) electrons. The highest BCUT2D eigenvalue weighted by atomic mass is 16.2. The Labute approximate surface area is 105 Å². The molecule has 1 aliphatic rings. The zero-order valence-electron chi connectivity index (χ0n) is 11.1. The molecule has 2 amide bonds. The summed E-state index contributed by atoms with van der Waals surface area (Å²) in [4.78, 5) is 11.8. The van der Waals surface area contributed by atoms with Crippen molar-refractivity contribution in [2.24, 2.45) is 5.73 Å². The van der Waals surface area contributed by atoms with Crippen molar-refractivity contribution in [1.82, 2.24) is 10.6 Å². The van der Waals surface area contributed by atoms with E-state index in [2.05, 4.69) is 17.6 Å². The molecule has 0 unspecified atom stereocenters. The van der Waals surface area contributed by atoms with Gasteiger partial charge in [0.15, 0.2) is 0 Å². The van der Waals surface area contributed by atoms with Crippen molar-refractivity contribution in [3.05, 3.63) is 0 Å². The molecule has 1 rings (SSSR count). The highest BCUT2D eigenvalue weighted by molar-refractivity contribution is 5.74. The Balaban J connectivity index is 2.47. The van der Waals surface area contributed by atoms with Gasteiger partial charge in [0.25, 0.3) is 0 Å². The van der Waals surface area contributed by atoms with Gasteiger partial charge in [-0.15, -0.1) is 0 Å². The first-order valence-electron chi connectivity index (χ1n) is 6.98. The van der Waals surface area contributed by atoms with E-state index < -0.39 is 0 Å². The molecular formula is C13H27N3O. The summed E-state index contributed by atoms with van der Waals surface area (Å²) in [5.74, 6) is 0. The number of carbonyl (C=O) groups excluding carboxylic acids is 1.